The Morgan fingerprint density at radius 1 is 0.522 bits per heavy atom. The lowest BCUT2D eigenvalue weighted by atomic mass is 10.1. The Balaban J connectivity index is 2.07. The van der Waals surface area contributed by atoms with Crippen molar-refractivity contribution in [2.45, 2.75) is 12.8 Å². The third-order valence-electron chi connectivity index (χ3n) is 4.64. The molecule has 0 aromatic heterocycles. The van der Waals surface area contributed by atoms with Crippen LogP contribution in [-0.2, 0) is 0 Å². The maximum Gasteiger partial charge on any atom is 0.139 e. The van der Waals surface area contributed by atoms with E-state index in [0.717, 1.165) is 0 Å². The molecular formula is C22H20P+. The van der Waals surface area contributed by atoms with Gasteiger partial charge in [0.2, 0.25) is 0 Å². The summed E-state index contributed by atoms with van der Waals surface area (Å²) in [5.74, 6) is 0. The van der Waals surface area contributed by atoms with Gasteiger partial charge in [0.15, 0.2) is 0 Å². The second-order valence-electron chi connectivity index (χ2n) is 5.91. The van der Waals surface area contributed by atoms with Crippen LogP contribution in [0.15, 0.2) is 102 Å². The Morgan fingerprint density at radius 2 is 0.870 bits per heavy atom. The molecule has 0 heterocycles. The fourth-order valence-electron chi connectivity index (χ4n) is 3.48. The molecule has 0 atom stereocenters. The molecule has 0 spiro atoms. The summed E-state index contributed by atoms with van der Waals surface area (Å²) in [6, 6.07) is 33.3. The van der Waals surface area contributed by atoms with Crippen LogP contribution in [0.5, 0.6) is 0 Å². The molecule has 4 rings (SSSR count). The summed E-state index contributed by atoms with van der Waals surface area (Å²) >= 11 is 0. The zero-order valence-electron chi connectivity index (χ0n) is 13.1. The van der Waals surface area contributed by atoms with E-state index in [-0.39, 0.29) is 0 Å². The van der Waals surface area contributed by atoms with E-state index in [0.29, 0.717) is 0 Å². The lowest BCUT2D eigenvalue weighted by molar-refractivity contribution is 0.936. The van der Waals surface area contributed by atoms with Crippen LogP contribution in [0.2, 0.25) is 0 Å². The predicted molar refractivity (Wildman–Crippen MR) is 102 cm³/mol. The smallest absolute Gasteiger partial charge is 0.0620 e. The Labute approximate surface area is 138 Å². The topological polar surface area (TPSA) is 0 Å². The molecule has 3 aromatic carbocycles. The van der Waals surface area contributed by atoms with Crippen molar-refractivity contribution < 1.29 is 0 Å². The minimum atomic E-state index is -1.70. The molecule has 23 heavy (non-hydrogen) atoms. The molecule has 0 amide bonds. The Kier molecular flexibility index (Phi) is 3.85. The highest BCUT2D eigenvalue weighted by atomic mass is 31.2. The molecule has 0 saturated heterocycles. The Morgan fingerprint density at radius 3 is 1.13 bits per heavy atom. The van der Waals surface area contributed by atoms with Crippen LogP contribution in [0.4, 0.5) is 0 Å². The van der Waals surface area contributed by atoms with Gasteiger partial charge in [-0.05, 0) is 48.9 Å². The predicted octanol–water partition coefficient (Wildman–Crippen LogP) is 4.66. The number of hydrogen-bond donors (Lipinski definition) is 0. The molecule has 0 unspecified atom stereocenters. The van der Waals surface area contributed by atoms with E-state index in [9.17, 15) is 0 Å². The molecule has 0 bridgehead atoms. The van der Waals surface area contributed by atoms with Gasteiger partial charge in [0.1, 0.15) is 23.2 Å². The van der Waals surface area contributed by atoms with Gasteiger partial charge in [0, 0.05) is 6.42 Å². The molecule has 0 radical (unpaired) electrons. The second-order valence-corrected chi connectivity index (χ2v) is 9.38. The Hall–Kier alpha value is -2.17. The zero-order valence-corrected chi connectivity index (χ0v) is 14.0. The highest BCUT2D eigenvalue weighted by molar-refractivity contribution is 7.99. The summed E-state index contributed by atoms with van der Waals surface area (Å²) in [5, 5.41) is 6.01. The summed E-state index contributed by atoms with van der Waals surface area (Å²) in [6.45, 7) is 0. The fraction of sp³-hybridized carbons (Fsp3) is 0.0909. The molecular weight excluding hydrogens is 295 g/mol. The molecule has 1 heteroatoms. The fourth-order valence-corrected chi connectivity index (χ4v) is 8.09. The van der Waals surface area contributed by atoms with Crippen LogP contribution >= 0.6 is 7.26 Å². The maximum atomic E-state index is 2.46. The maximum absolute atomic E-state index is 2.46. The van der Waals surface area contributed by atoms with Crippen molar-refractivity contribution in [2.24, 2.45) is 0 Å². The minimum absolute atomic E-state index is 1.21. The average Bonchev–Trinajstić information content (AvgIpc) is 2.60. The summed E-state index contributed by atoms with van der Waals surface area (Å²) in [5.41, 5.74) is 0. The molecule has 0 saturated carbocycles. The molecule has 0 fully saturated rings. The minimum Gasteiger partial charge on any atom is -0.0620 e. The van der Waals surface area contributed by atoms with E-state index in [1.54, 1.807) is 5.31 Å². The van der Waals surface area contributed by atoms with E-state index in [1.165, 1.54) is 28.8 Å². The molecule has 112 valence electrons. The van der Waals surface area contributed by atoms with Gasteiger partial charge in [-0.15, -0.1) is 0 Å². The van der Waals surface area contributed by atoms with Crippen LogP contribution in [0.3, 0.4) is 0 Å². The van der Waals surface area contributed by atoms with Crippen molar-refractivity contribution in [3.8, 4) is 0 Å². The van der Waals surface area contributed by atoms with Gasteiger partial charge in [-0.1, -0.05) is 54.6 Å². The van der Waals surface area contributed by atoms with Crippen LogP contribution in [0.25, 0.3) is 0 Å². The van der Waals surface area contributed by atoms with Crippen LogP contribution < -0.4 is 15.9 Å². The van der Waals surface area contributed by atoms with E-state index in [4.69, 9.17) is 0 Å². The van der Waals surface area contributed by atoms with Gasteiger partial charge < -0.3 is 0 Å². The van der Waals surface area contributed by atoms with Gasteiger partial charge in [0.25, 0.3) is 0 Å². The van der Waals surface area contributed by atoms with Gasteiger partial charge in [0.05, 0.1) is 5.31 Å². The van der Waals surface area contributed by atoms with Crippen molar-refractivity contribution in [1.29, 1.82) is 0 Å². The summed E-state index contributed by atoms with van der Waals surface area (Å²) in [7, 11) is -1.70. The normalized spacial score (nSPS) is 14.0. The van der Waals surface area contributed by atoms with Crippen molar-refractivity contribution >= 4 is 23.2 Å². The van der Waals surface area contributed by atoms with Gasteiger partial charge in [-0.3, -0.25) is 0 Å². The summed E-state index contributed by atoms with van der Waals surface area (Å²) in [4.78, 5) is 0. The largest absolute Gasteiger partial charge is 0.139 e. The lowest BCUT2D eigenvalue weighted by Crippen LogP contribution is -2.33. The van der Waals surface area contributed by atoms with E-state index >= 15 is 0 Å². The standard InChI is InChI=1S/C22H20P/c1-4-11-19(12-5-1)23(22-17-10-18-22,20-13-6-2-7-14-20)21-15-8-3-9-16-21/h1-9,11-17H,10,18H2/q+1. The quantitative estimate of drug-likeness (QED) is 0.614. The summed E-state index contributed by atoms with van der Waals surface area (Å²) < 4.78 is 0. The number of allylic oxidation sites excluding steroid dienone is 2. The zero-order chi connectivity index (χ0) is 15.5. The van der Waals surface area contributed by atoms with Crippen molar-refractivity contribution in [3.05, 3.63) is 102 Å². The highest BCUT2D eigenvalue weighted by Crippen LogP contribution is 2.65. The van der Waals surface area contributed by atoms with Crippen molar-refractivity contribution in [1.82, 2.24) is 0 Å². The number of hydrogen-bond acceptors (Lipinski definition) is 0. The number of rotatable bonds is 4. The molecule has 1 aliphatic rings. The van der Waals surface area contributed by atoms with Crippen LogP contribution in [0.1, 0.15) is 12.8 Å². The second kappa shape index (κ2) is 6.14. The van der Waals surface area contributed by atoms with Crippen molar-refractivity contribution in [2.75, 3.05) is 0 Å². The lowest BCUT2D eigenvalue weighted by Gasteiger charge is -2.32. The van der Waals surface area contributed by atoms with Gasteiger partial charge >= 0.3 is 0 Å². The van der Waals surface area contributed by atoms with E-state index < -0.39 is 7.26 Å². The molecule has 0 N–H and O–H groups in total. The monoisotopic (exact) mass is 315 g/mol. The van der Waals surface area contributed by atoms with Crippen molar-refractivity contribution in [3.63, 3.8) is 0 Å². The van der Waals surface area contributed by atoms with Crippen LogP contribution in [-0.4, -0.2) is 0 Å². The summed E-state index contributed by atoms with van der Waals surface area (Å²) in [6.07, 6.45) is 4.89. The van der Waals surface area contributed by atoms with E-state index in [1.807, 2.05) is 0 Å². The van der Waals surface area contributed by atoms with Gasteiger partial charge in [-0.25, -0.2) is 0 Å². The SMILES string of the molecule is C1=C([P+](c2ccccc2)(c2ccccc2)c2ccccc2)CC1. The van der Waals surface area contributed by atoms with Gasteiger partial charge in [-0.2, -0.15) is 0 Å². The molecule has 0 nitrogen and oxygen atoms in total. The van der Waals surface area contributed by atoms with Crippen LogP contribution in [0, 0.1) is 0 Å². The molecule has 0 aliphatic heterocycles. The first-order valence-electron chi connectivity index (χ1n) is 8.18. The third kappa shape index (κ3) is 2.35. The first kappa shape index (κ1) is 14.4. The highest BCUT2D eigenvalue weighted by Gasteiger charge is 2.50. The third-order valence-corrected chi connectivity index (χ3v) is 9.13. The first-order chi connectivity index (χ1) is 11.4. The van der Waals surface area contributed by atoms with E-state index in [2.05, 4.69) is 97.1 Å². The molecule has 3 aromatic rings. The average molecular weight is 315 g/mol. The number of benzene rings is 3. The Bertz CT molecular complexity index is 708. The molecule has 1 aliphatic carbocycles. The first-order valence-corrected chi connectivity index (χ1v) is 9.97.